The number of carbonyl (C=O) groups excluding carboxylic acids is 1. The SMILES string of the molecule is CN(N)C(=O)CC(N)c1ccc2c(c1)CCCC2. The van der Waals surface area contributed by atoms with Crippen LogP contribution in [-0.2, 0) is 17.6 Å². The standard InChI is InChI=1S/C14H21N3O/c1-17(16)14(18)9-13(15)12-7-6-10-4-2-3-5-11(10)8-12/h6-8,13H,2-5,9,15-16H2,1H3. The van der Waals surface area contributed by atoms with E-state index in [0.717, 1.165) is 23.4 Å². The van der Waals surface area contributed by atoms with Crippen molar-refractivity contribution in [1.82, 2.24) is 5.01 Å². The summed E-state index contributed by atoms with van der Waals surface area (Å²) in [4.78, 5) is 11.5. The highest BCUT2D eigenvalue weighted by Gasteiger charge is 2.16. The molecule has 0 heterocycles. The van der Waals surface area contributed by atoms with Crippen LogP contribution in [0.2, 0.25) is 0 Å². The molecule has 1 aliphatic rings. The van der Waals surface area contributed by atoms with Crippen molar-refractivity contribution < 1.29 is 4.79 Å². The van der Waals surface area contributed by atoms with Gasteiger partial charge in [-0.05, 0) is 42.4 Å². The van der Waals surface area contributed by atoms with E-state index in [1.165, 1.54) is 24.0 Å². The summed E-state index contributed by atoms with van der Waals surface area (Å²) in [7, 11) is 1.54. The first-order valence-electron chi connectivity index (χ1n) is 6.46. The summed E-state index contributed by atoms with van der Waals surface area (Å²) in [5.41, 5.74) is 9.92. The number of benzene rings is 1. The summed E-state index contributed by atoms with van der Waals surface area (Å²) in [6.45, 7) is 0. The molecule has 4 heteroatoms. The molecule has 1 aromatic carbocycles. The fourth-order valence-corrected chi connectivity index (χ4v) is 2.43. The monoisotopic (exact) mass is 247 g/mol. The Morgan fingerprint density at radius 3 is 2.67 bits per heavy atom. The van der Waals surface area contributed by atoms with Crippen molar-refractivity contribution in [2.75, 3.05) is 7.05 Å². The van der Waals surface area contributed by atoms with E-state index in [-0.39, 0.29) is 18.4 Å². The Morgan fingerprint density at radius 1 is 1.33 bits per heavy atom. The van der Waals surface area contributed by atoms with Gasteiger partial charge >= 0.3 is 0 Å². The van der Waals surface area contributed by atoms with Crippen LogP contribution in [0.3, 0.4) is 0 Å². The van der Waals surface area contributed by atoms with Crippen molar-refractivity contribution in [3.05, 3.63) is 34.9 Å². The van der Waals surface area contributed by atoms with Crippen molar-refractivity contribution in [1.29, 1.82) is 0 Å². The lowest BCUT2D eigenvalue weighted by Crippen LogP contribution is -2.35. The molecular weight excluding hydrogens is 226 g/mol. The normalized spacial score (nSPS) is 15.9. The Bertz CT molecular complexity index is 443. The Morgan fingerprint density at radius 2 is 2.00 bits per heavy atom. The lowest BCUT2D eigenvalue weighted by Gasteiger charge is -2.20. The Labute approximate surface area is 108 Å². The maximum Gasteiger partial charge on any atom is 0.238 e. The van der Waals surface area contributed by atoms with Gasteiger partial charge in [0.1, 0.15) is 0 Å². The minimum atomic E-state index is -0.268. The average Bonchev–Trinajstić information content (AvgIpc) is 2.37. The van der Waals surface area contributed by atoms with Crippen molar-refractivity contribution in [2.45, 2.75) is 38.1 Å². The summed E-state index contributed by atoms with van der Waals surface area (Å²) >= 11 is 0. The van der Waals surface area contributed by atoms with Gasteiger partial charge in [-0.2, -0.15) is 0 Å². The summed E-state index contributed by atoms with van der Waals surface area (Å²) in [6.07, 6.45) is 5.06. The van der Waals surface area contributed by atoms with Crippen molar-refractivity contribution in [3.8, 4) is 0 Å². The molecule has 0 bridgehead atoms. The number of aryl methyl sites for hydroxylation is 2. The second kappa shape index (κ2) is 5.50. The van der Waals surface area contributed by atoms with Gasteiger partial charge < -0.3 is 5.73 Å². The molecule has 1 aromatic rings. The number of nitrogens with two attached hydrogens (primary N) is 2. The van der Waals surface area contributed by atoms with Crippen molar-refractivity contribution in [3.63, 3.8) is 0 Å². The molecular formula is C14H21N3O. The Hall–Kier alpha value is -1.39. The minimum Gasteiger partial charge on any atom is -0.324 e. The van der Waals surface area contributed by atoms with Crippen molar-refractivity contribution >= 4 is 5.91 Å². The lowest BCUT2D eigenvalue weighted by molar-refractivity contribution is -0.130. The number of hydrogen-bond acceptors (Lipinski definition) is 3. The first-order valence-corrected chi connectivity index (χ1v) is 6.46. The van der Waals surface area contributed by atoms with Crippen LogP contribution in [0.5, 0.6) is 0 Å². The van der Waals surface area contributed by atoms with E-state index in [0.29, 0.717) is 0 Å². The maximum absolute atomic E-state index is 11.5. The highest BCUT2D eigenvalue weighted by Crippen LogP contribution is 2.25. The predicted molar refractivity (Wildman–Crippen MR) is 71.6 cm³/mol. The Kier molecular flexibility index (Phi) is 3.99. The first-order chi connectivity index (χ1) is 8.58. The van der Waals surface area contributed by atoms with Gasteiger partial charge in [0.2, 0.25) is 5.91 Å². The smallest absolute Gasteiger partial charge is 0.238 e. The van der Waals surface area contributed by atoms with E-state index in [9.17, 15) is 4.79 Å². The van der Waals surface area contributed by atoms with Gasteiger partial charge in [0.15, 0.2) is 0 Å². The molecule has 0 aliphatic heterocycles. The lowest BCUT2D eigenvalue weighted by atomic mass is 9.89. The van der Waals surface area contributed by atoms with E-state index in [2.05, 4.69) is 12.1 Å². The molecule has 0 radical (unpaired) electrons. The fourth-order valence-electron chi connectivity index (χ4n) is 2.43. The molecule has 1 atom stereocenters. The third-order valence-electron chi connectivity index (χ3n) is 3.59. The molecule has 4 N–H and O–H groups in total. The average molecular weight is 247 g/mol. The number of nitrogens with zero attached hydrogens (tertiary/aromatic N) is 1. The highest BCUT2D eigenvalue weighted by atomic mass is 16.2. The van der Waals surface area contributed by atoms with E-state index in [1.807, 2.05) is 6.07 Å². The third kappa shape index (κ3) is 2.89. The highest BCUT2D eigenvalue weighted by molar-refractivity contribution is 5.76. The zero-order valence-corrected chi connectivity index (χ0v) is 10.9. The van der Waals surface area contributed by atoms with Crippen LogP contribution in [0.1, 0.15) is 42.0 Å². The van der Waals surface area contributed by atoms with Crippen LogP contribution < -0.4 is 11.6 Å². The molecule has 1 unspecified atom stereocenters. The van der Waals surface area contributed by atoms with Crippen LogP contribution >= 0.6 is 0 Å². The molecule has 18 heavy (non-hydrogen) atoms. The summed E-state index contributed by atoms with van der Waals surface area (Å²) in [5, 5.41) is 1.10. The summed E-state index contributed by atoms with van der Waals surface area (Å²) < 4.78 is 0. The molecule has 2 rings (SSSR count). The van der Waals surface area contributed by atoms with Crippen molar-refractivity contribution in [2.24, 2.45) is 11.6 Å². The van der Waals surface area contributed by atoms with E-state index in [1.54, 1.807) is 7.05 Å². The molecule has 0 aromatic heterocycles. The molecule has 4 nitrogen and oxygen atoms in total. The fraction of sp³-hybridized carbons (Fsp3) is 0.500. The molecule has 0 saturated carbocycles. The molecule has 98 valence electrons. The zero-order chi connectivity index (χ0) is 13.1. The predicted octanol–water partition coefficient (Wildman–Crippen LogP) is 1.29. The van der Waals surface area contributed by atoms with Gasteiger partial charge in [-0.25, -0.2) is 5.84 Å². The van der Waals surface area contributed by atoms with Gasteiger partial charge in [-0.3, -0.25) is 9.80 Å². The summed E-state index contributed by atoms with van der Waals surface area (Å²) in [6, 6.07) is 6.08. The van der Waals surface area contributed by atoms with E-state index < -0.39 is 0 Å². The quantitative estimate of drug-likeness (QED) is 0.480. The maximum atomic E-state index is 11.5. The third-order valence-corrected chi connectivity index (χ3v) is 3.59. The van der Waals surface area contributed by atoms with Crippen LogP contribution in [0.4, 0.5) is 0 Å². The number of carbonyl (C=O) groups is 1. The van der Waals surface area contributed by atoms with Crippen LogP contribution in [0.15, 0.2) is 18.2 Å². The molecule has 0 fully saturated rings. The number of hydrazine groups is 1. The summed E-state index contributed by atoms with van der Waals surface area (Å²) in [5.74, 6) is 5.26. The zero-order valence-electron chi connectivity index (χ0n) is 10.9. The van der Waals surface area contributed by atoms with Gasteiger partial charge in [0.05, 0.1) is 0 Å². The largest absolute Gasteiger partial charge is 0.324 e. The first kappa shape index (κ1) is 13.1. The second-order valence-corrected chi connectivity index (χ2v) is 5.05. The molecule has 0 spiro atoms. The number of fused-ring (bicyclic) bond motifs is 1. The van der Waals surface area contributed by atoms with Gasteiger partial charge in [0.25, 0.3) is 0 Å². The van der Waals surface area contributed by atoms with Gasteiger partial charge in [-0.15, -0.1) is 0 Å². The van der Waals surface area contributed by atoms with E-state index in [4.69, 9.17) is 11.6 Å². The number of hydrogen-bond donors (Lipinski definition) is 2. The second-order valence-electron chi connectivity index (χ2n) is 5.05. The van der Waals surface area contributed by atoms with E-state index >= 15 is 0 Å². The topological polar surface area (TPSA) is 72.3 Å². The minimum absolute atomic E-state index is 0.139. The molecule has 1 aliphatic carbocycles. The Balaban J connectivity index is 2.11. The van der Waals surface area contributed by atoms with Gasteiger partial charge in [0, 0.05) is 19.5 Å². The number of amides is 1. The number of rotatable bonds is 3. The van der Waals surface area contributed by atoms with Crippen LogP contribution in [0, 0.1) is 0 Å². The molecule has 1 amide bonds. The van der Waals surface area contributed by atoms with Crippen LogP contribution in [0.25, 0.3) is 0 Å². The van der Waals surface area contributed by atoms with Gasteiger partial charge in [-0.1, -0.05) is 18.2 Å². The van der Waals surface area contributed by atoms with Crippen LogP contribution in [-0.4, -0.2) is 18.0 Å². The molecule has 0 saturated heterocycles.